The SMILES string of the molecule is CCC[CH2][Sn][CH2]CCC.COCCOC(=O)/C=C/C(=O)O.COCCOC(=O)/C=C/C(=O)O. The first-order chi connectivity index (χ1) is 15.7. The minimum atomic E-state index is -1.18. The molecule has 10 nitrogen and oxygen atoms in total. The van der Waals surface area contributed by atoms with Gasteiger partial charge in [0.2, 0.25) is 0 Å². The van der Waals surface area contributed by atoms with Crippen molar-refractivity contribution in [1.29, 1.82) is 0 Å². The average molecular weight is 581 g/mol. The van der Waals surface area contributed by atoms with E-state index >= 15 is 0 Å². The fraction of sp³-hybridized carbons (Fsp3) is 0.636. The fourth-order valence-electron chi connectivity index (χ4n) is 1.55. The Hall–Kier alpha value is -1.92. The van der Waals surface area contributed by atoms with E-state index in [0.717, 1.165) is 24.3 Å². The molecule has 33 heavy (non-hydrogen) atoms. The Balaban J connectivity index is -0.000000414. The van der Waals surface area contributed by atoms with Gasteiger partial charge in [-0.3, -0.25) is 0 Å². The number of ether oxygens (including phenoxy) is 4. The molecule has 0 saturated heterocycles. The molecule has 2 radical (unpaired) electrons. The molecule has 0 unspecified atom stereocenters. The number of unbranched alkanes of at least 4 members (excludes halogenated alkanes) is 2. The predicted molar refractivity (Wildman–Crippen MR) is 124 cm³/mol. The van der Waals surface area contributed by atoms with Crippen LogP contribution in [0.1, 0.15) is 39.5 Å². The number of carboxylic acids is 2. The molecule has 0 aliphatic heterocycles. The molecule has 11 heteroatoms. The van der Waals surface area contributed by atoms with Crippen molar-refractivity contribution < 1.29 is 48.3 Å². The van der Waals surface area contributed by atoms with E-state index in [1.807, 2.05) is 0 Å². The van der Waals surface area contributed by atoms with Crippen molar-refractivity contribution in [2.24, 2.45) is 0 Å². The van der Waals surface area contributed by atoms with Gasteiger partial charge in [0, 0.05) is 38.5 Å². The average Bonchev–Trinajstić information content (AvgIpc) is 2.77. The molecule has 0 aromatic carbocycles. The summed E-state index contributed by atoms with van der Waals surface area (Å²) in [7, 11) is 2.95. The van der Waals surface area contributed by atoms with Crippen molar-refractivity contribution in [3.8, 4) is 0 Å². The molecule has 0 rings (SSSR count). The fourth-order valence-corrected chi connectivity index (χ4v) is 5.71. The van der Waals surface area contributed by atoms with Crippen LogP contribution in [0, 0.1) is 0 Å². The van der Waals surface area contributed by atoms with E-state index in [-0.39, 0.29) is 34.4 Å². The third-order valence-electron chi connectivity index (χ3n) is 3.20. The molecule has 0 amide bonds. The first-order valence-electron chi connectivity index (χ1n) is 10.6. The number of carboxylic acid groups (broad SMARTS) is 2. The summed E-state index contributed by atoms with van der Waals surface area (Å²) in [5, 5.41) is 16.2. The van der Waals surface area contributed by atoms with Crippen LogP contribution in [0.25, 0.3) is 0 Å². The van der Waals surface area contributed by atoms with Crippen LogP contribution in [0.15, 0.2) is 24.3 Å². The predicted octanol–water partition coefficient (Wildman–Crippen LogP) is 2.76. The third kappa shape index (κ3) is 40.9. The normalized spacial score (nSPS) is 10.1. The molecule has 0 spiro atoms. The van der Waals surface area contributed by atoms with E-state index in [1.54, 1.807) is 8.87 Å². The molecule has 0 aromatic heterocycles. The van der Waals surface area contributed by atoms with Crippen molar-refractivity contribution in [3.63, 3.8) is 0 Å². The summed E-state index contributed by atoms with van der Waals surface area (Å²) in [6.07, 6.45) is 8.96. The van der Waals surface area contributed by atoms with Gasteiger partial charge in [-0.05, 0) is 0 Å². The largest absolute Gasteiger partial charge is 0.478 e. The van der Waals surface area contributed by atoms with E-state index in [0.29, 0.717) is 13.2 Å². The molecule has 0 aliphatic rings. The number of aliphatic carboxylic acids is 2. The Morgan fingerprint density at radius 2 is 1.03 bits per heavy atom. The summed E-state index contributed by atoms with van der Waals surface area (Å²) in [5.74, 6) is -3.73. The van der Waals surface area contributed by atoms with Crippen LogP contribution in [0.3, 0.4) is 0 Å². The number of hydrogen-bond acceptors (Lipinski definition) is 8. The van der Waals surface area contributed by atoms with Gasteiger partial charge in [-0.15, -0.1) is 0 Å². The monoisotopic (exact) mass is 582 g/mol. The zero-order valence-electron chi connectivity index (χ0n) is 20.0. The van der Waals surface area contributed by atoms with Gasteiger partial charge < -0.3 is 29.2 Å². The number of methoxy groups -OCH3 is 2. The second-order valence-electron chi connectivity index (χ2n) is 6.12. The van der Waals surface area contributed by atoms with E-state index in [1.165, 1.54) is 39.9 Å². The van der Waals surface area contributed by atoms with E-state index in [2.05, 4.69) is 32.8 Å². The van der Waals surface area contributed by atoms with Gasteiger partial charge in [-0.1, -0.05) is 0 Å². The van der Waals surface area contributed by atoms with Gasteiger partial charge in [-0.2, -0.15) is 0 Å². The Labute approximate surface area is 206 Å². The van der Waals surface area contributed by atoms with Crippen LogP contribution in [0.2, 0.25) is 8.87 Å². The standard InChI is InChI=1S/2C7H10O5.2C4H9.Sn/c2*1-11-4-5-12-7(10)3-2-6(8)9;2*1-3-4-2;/h2*2-3H,4-5H2,1H3,(H,8,9);2*1,3-4H2,2H3;/b2*3-2+;;;. The quantitative estimate of drug-likeness (QED) is 0.121. The summed E-state index contributed by atoms with van der Waals surface area (Å²) in [6, 6.07) is 0. The first kappa shape index (κ1) is 35.7. The van der Waals surface area contributed by atoms with Gasteiger partial charge in [0.05, 0.1) is 13.2 Å². The molecule has 0 heterocycles. The van der Waals surface area contributed by atoms with Gasteiger partial charge in [0.25, 0.3) is 0 Å². The van der Waals surface area contributed by atoms with Crippen LogP contribution in [0.4, 0.5) is 0 Å². The minimum Gasteiger partial charge on any atom is -0.478 e. The molecule has 0 fully saturated rings. The number of carbonyl (C=O) groups is 4. The second kappa shape index (κ2) is 30.1. The van der Waals surface area contributed by atoms with Crippen molar-refractivity contribution in [2.75, 3.05) is 40.6 Å². The summed E-state index contributed by atoms with van der Waals surface area (Å²) >= 11 is 0.149. The molecular formula is C22H38O10Sn. The summed E-state index contributed by atoms with van der Waals surface area (Å²) in [4.78, 5) is 41.0. The maximum atomic E-state index is 10.6. The van der Waals surface area contributed by atoms with Crippen LogP contribution in [0.5, 0.6) is 0 Å². The van der Waals surface area contributed by atoms with Gasteiger partial charge in [-0.25, -0.2) is 19.2 Å². The summed E-state index contributed by atoms with van der Waals surface area (Å²) in [5.41, 5.74) is 0. The molecule has 0 bridgehead atoms. The molecule has 2 N–H and O–H groups in total. The second-order valence-corrected chi connectivity index (χ2v) is 10.4. The van der Waals surface area contributed by atoms with Gasteiger partial charge in [0.15, 0.2) is 0 Å². The first-order valence-corrected chi connectivity index (χ1v) is 14.6. The number of esters is 2. The molecule has 0 aromatic rings. The maximum absolute atomic E-state index is 10.6. The summed E-state index contributed by atoms with van der Waals surface area (Å²) in [6.45, 7) is 5.43. The molecule has 0 aliphatic carbocycles. The van der Waals surface area contributed by atoms with Crippen molar-refractivity contribution in [1.82, 2.24) is 0 Å². The molecular weight excluding hydrogens is 543 g/mol. The topological polar surface area (TPSA) is 146 Å². The van der Waals surface area contributed by atoms with Crippen LogP contribution < -0.4 is 0 Å². The number of hydrogen-bond donors (Lipinski definition) is 2. The van der Waals surface area contributed by atoms with Crippen LogP contribution in [-0.2, 0) is 38.1 Å². The Morgan fingerprint density at radius 1 is 0.667 bits per heavy atom. The zero-order chi connectivity index (χ0) is 25.7. The molecule has 190 valence electrons. The van der Waals surface area contributed by atoms with Crippen molar-refractivity contribution in [2.45, 2.75) is 48.4 Å². The van der Waals surface area contributed by atoms with E-state index in [9.17, 15) is 19.2 Å². The van der Waals surface area contributed by atoms with Gasteiger partial charge in [0.1, 0.15) is 13.2 Å². The van der Waals surface area contributed by atoms with Gasteiger partial charge >= 0.3 is 93.4 Å². The maximum Gasteiger partial charge on any atom is 0.331 e. The smallest absolute Gasteiger partial charge is 0.331 e. The Bertz CT molecular complexity index is 513. The minimum absolute atomic E-state index is 0.124. The van der Waals surface area contributed by atoms with E-state index < -0.39 is 23.9 Å². The molecule has 0 atom stereocenters. The molecule has 0 saturated carbocycles. The van der Waals surface area contributed by atoms with Crippen molar-refractivity contribution in [3.05, 3.63) is 24.3 Å². The van der Waals surface area contributed by atoms with Crippen LogP contribution in [-0.4, -0.2) is 95.9 Å². The Kier molecular flexibility index (Phi) is 32.5. The summed E-state index contributed by atoms with van der Waals surface area (Å²) < 4.78 is 21.5. The van der Waals surface area contributed by atoms with E-state index in [4.69, 9.17) is 10.2 Å². The third-order valence-corrected chi connectivity index (χ3v) is 7.24. The van der Waals surface area contributed by atoms with Crippen molar-refractivity contribution >= 4 is 45.0 Å². The zero-order valence-corrected chi connectivity index (χ0v) is 22.9. The number of rotatable bonds is 16. The number of carbonyl (C=O) groups excluding carboxylic acids is 2. The van der Waals surface area contributed by atoms with Crippen LogP contribution >= 0.6 is 0 Å². The Morgan fingerprint density at radius 3 is 1.30 bits per heavy atom.